The van der Waals surface area contributed by atoms with E-state index >= 15 is 0 Å². The second kappa shape index (κ2) is 7.99. The number of amides is 2. The zero-order valence-electron chi connectivity index (χ0n) is 15.1. The largest absolute Gasteiger partial charge is 0.355 e. The Labute approximate surface area is 157 Å². The Morgan fingerprint density at radius 3 is 2.48 bits per heavy atom. The van der Waals surface area contributed by atoms with Gasteiger partial charge in [-0.3, -0.25) is 19.7 Å². The summed E-state index contributed by atoms with van der Waals surface area (Å²) in [6.45, 7) is 3.01. The molecule has 1 aliphatic rings. The number of non-ortho nitro benzene ring substituents is 1. The van der Waals surface area contributed by atoms with Crippen molar-refractivity contribution in [3.05, 3.63) is 69.8 Å². The fraction of sp³-hybridized carbons (Fsp3) is 0.300. The number of hydrogen-bond acceptors (Lipinski definition) is 4. The molecule has 2 amide bonds. The maximum absolute atomic E-state index is 12.3. The number of benzene rings is 2. The number of nitro benzene ring substituents is 1. The van der Waals surface area contributed by atoms with Crippen molar-refractivity contribution >= 4 is 23.2 Å². The van der Waals surface area contributed by atoms with Crippen molar-refractivity contribution in [2.45, 2.75) is 19.8 Å². The SMILES string of the molecule is Cc1ccc(N2CC(CNC(=O)Cc3ccc([N+](=O)[O-])cc3)CC2=O)cc1. The summed E-state index contributed by atoms with van der Waals surface area (Å²) < 4.78 is 0. The highest BCUT2D eigenvalue weighted by Crippen LogP contribution is 2.25. The molecule has 7 heteroatoms. The van der Waals surface area contributed by atoms with Crippen LogP contribution in [0.5, 0.6) is 0 Å². The van der Waals surface area contributed by atoms with Gasteiger partial charge in [-0.25, -0.2) is 0 Å². The van der Waals surface area contributed by atoms with E-state index < -0.39 is 4.92 Å². The second-order valence-electron chi connectivity index (χ2n) is 6.81. The van der Waals surface area contributed by atoms with E-state index in [1.807, 2.05) is 31.2 Å². The van der Waals surface area contributed by atoms with E-state index in [1.165, 1.54) is 12.1 Å². The van der Waals surface area contributed by atoms with E-state index in [4.69, 9.17) is 0 Å². The Bertz CT molecular complexity index is 847. The number of nitrogens with one attached hydrogen (secondary N) is 1. The Hall–Kier alpha value is -3.22. The molecule has 0 radical (unpaired) electrons. The molecule has 1 heterocycles. The molecule has 7 nitrogen and oxygen atoms in total. The molecule has 2 aromatic carbocycles. The molecule has 2 aromatic rings. The van der Waals surface area contributed by atoms with E-state index in [2.05, 4.69) is 5.32 Å². The van der Waals surface area contributed by atoms with Gasteiger partial charge in [0.1, 0.15) is 0 Å². The first kappa shape index (κ1) is 18.6. The number of aryl methyl sites for hydroxylation is 1. The van der Waals surface area contributed by atoms with Crippen LogP contribution in [0.2, 0.25) is 0 Å². The predicted molar refractivity (Wildman–Crippen MR) is 101 cm³/mol. The van der Waals surface area contributed by atoms with E-state index in [-0.39, 0.29) is 29.8 Å². The van der Waals surface area contributed by atoms with Crippen molar-refractivity contribution in [1.29, 1.82) is 0 Å². The molecule has 140 valence electrons. The van der Waals surface area contributed by atoms with Gasteiger partial charge in [0.25, 0.3) is 5.69 Å². The Kier molecular flexibility index (Phi) is 5.49. The van der Waals surface area contributed by atoms with Crippen molar-refractivity contribution in [2.24, 2.45) is 5.92 Å². The first-order valence-electron chi connectivity index (χ1n) is 8.79. The minimum Gasteiger partial charge on any atom is -0.355 e. The van der Waals surface area contributed by atoms with E-state index in [0.717, 1.165) is 11.3 Å². The van der Waals surface area contributed by atoms with Crippen LogP contribution in [0.4, 0.5) is 11.4 Å². The third kappa shape index (κ3) is 4.69. The topological polar surface area (TPSA) is 92.6 Å². The molecule has 1 unspecified atom stereocenters. The smallest absolute Gasteiger partial charge is 0.269 e. The zero-order chi connectivity index (χ0) is 19.4. The summed E-state index contributed by atoms with van der Waals surface area (Å²) in [5, 5.41) is 13.5. The molecule has 0 saturated carbocycles. The molecule has 1 saturated heterocycles. The van der Waals surface area contributed by atoms with Gasteiger partial charge < -0.3 is 10.2 Å². The van der Waals surface area contributed by atoms with Crippen LogP contribution in [0.3, 0.4) is 0 Å². The maximum Gasteiger partial charge on any atom is 0.269 e. The average molecular weight is 367 g/mol. The predicted octanol–water partition coefficient (Wildman–Crippen LogP) is 2.62. The number of rotatable bonds is 6. The lowest BCUT2D eigenvalue weighted by atomic mass is 10.1. The van der Waals surface area contributed by atoms with Crippen LogP contribution in [0, 0.1) is 23.0 Å². The Morgan fingerprint density at radius 1 is 1.19 bits per heavy atom. The molecular formula is C20H21N3O4. The molecule has 0 bridgehead atoms. The molecule has 27 heavy (non-hydrogen) atoms. The fourth-order valence-electron chi connectivity index (χ4n) is 3.13. The quantitative estimate of drug-likeness (QED) is 0.627. The van der Waals surface area contributed by atoms with Gasteiger partial charge in [-0.05, 0) is 24.6 Å². The maximum atomic E-state index is 12.3. The molecule has 1 aliphatic heterocycles. The van der Waals surface area contributed by atoms with Crippen LogP contribution in [0.15, 0.2) is 48.5 Å². The van der Waals surface area contributed by atoms with E-state index in [0.29, 0.717) is 25.1 Å². The Balaban J connectivity index is 1.50. The van der Waals surface area contributed by atoms with Gasteiger partial charge in [0.2, 0.25) is 11.8 Å². The fourth-order valence-corrected chi connectivity index (χ4v) is 3.13. The number of carbonyl (C=O) groups is 2. The first-order chi connectivity index (χ1) is 12.9. The highest BCUT2D eigenvalue weighted by atomic mass is 16.6. The molecule has 0 aliphatic carbocycles. The second-order valence-corrected chi connectivity index (χ2v) is 6.81. The van der Waals surface area contributed by atoms with Crippen LogP contribution in [-0.2, 0) is 16.0 Å². The first-order valence-corrected chi connectivity index (χ1v) is 8.79. The summed E-state index contributed by atoms with van der Waals surface area (Å²) in [6.07, 6.45) is 0.562. The highest BCUT2D eigenvalue weighted by molar-refractivity contribution is 5.95. The monoisotopic (exact) mass is 367 g/mol. The lowest BCUT2D eigenvalue weighted by Gasteiger charge is -2.17. The van der Waals surface area contributed by atoms with E-state index in [1.54, 1.807) is 17.0 Å². The van der Waals surface area contributed by atoms with Crippen molar-refractivity contribution in [3.63, 3.8) is 0 Å². The van der Waals surface area contributed by atoms with Crippen molar-refractivity contribution in [1.82, 2.24) is 5.32 Å². The Morgan fingerprint density at radius 2 is 1.85 bits per heavy atom. The van der Waals surface area contributed by atoms with Gasteiger partial charge in [0.05, 0.1) is 11.3 Å². The summed E-state index contributed by atoms with van der Waals surface area (Å²) in [7, 11) is 0. The van der Waals surface area contributed by atoms with E-state index in [9.17, 15) is 19.7 Å². The van der Waals surface area contributed by atoms with Crippen LogP contribution in [-0.4, -0.2) is 29.8 Å². The highest BCUT2D eigenvalue weighted by Gasteiger charge is 2.30. The molecule has 0 aromatic heterocycles. The van der Waals surface area contributed by atoms with Gasteiger partial charge in [-0.2, -0.15) is 0 Å². The lowest BCUT2D eigenvalue weighted by Crippen LogP contribution is -2.32. The van der Waals surface area contributed by atoms with Gasteiger partial charge in [0.15, 0.2) is 0 Å². The third-order valence-corrected chi connectivity index (χ3v) is 4.65. The van der Waals surface area contributed by atoms with Crippen molar-refractivity contribution in [2.75, 3.05) is 18.0 Å². The molecular weight excluding hydrogens is 346 g/mol. The van der Waals surface area contributed by atoms with Crippen molar-refractivity contribution in [3.8, 4) is 0 Å². The summed E-state index contributed by atoms with van der Waals surface area (Å²) in [5.41, 5.74) is 2.73. The number of hydrogen-bond donors (Lipinski definition) is 1. The number of anilines is 1. The van der Waals surface area contributed by atoms with Crippen LogP contribution < -0.4 is 10.2 Å². The molecule has 1 N–H and O–H groups in total. The van der Waals surface area contributed by atoms with Crippen LogP contribution >= 0.6 is 0 Å². The van der Waals surface area contributed by atoms with Gasteiger partial charge >= 0.3 is 0 Å². The van der Waals surface area contributed by atoms with Gasteiger partial charge in [0, 0.05) is 43.2 Å². The molecule has 3 rings (SSSR count). The summed E-state index contributed by atoms with van der Waals surface area (Å²) in [4.78, 5) is 36.3. The number of carbonyl (C=O) groups excluding carboxylic acids is 2. The van der Waals surface area contributed by atoms with Gasteiger partial charge in [-0.1, -0.05) is 29.8 Å². The minimum absolute atomic E-state index is 0.000164. The standard InChI is InChI=1S/C20H21N3O4/c1-14-2-6-17(7-3-14)22-13-16(11-20(22)25)12-21-19(24)10-15-4-8-18(9-5-15)23(26)27/h2-9,16H,10-13H2,1H3,(H,21,24). The molecule has 0 spiro atoms. The summed E-state index contributed by atoms with van der Waals surface area (Å²) in [5.74, 6) is -0.0295. The molecule has 1 atom stereocenters. The molecule has 1 fully saturated rings. The number of nitro groups is 1. The van der Waals surface area contributed by atoms with Crippen molar-refractivity contribution < 1.29 is 14.5 Å². The summed E-state index contributed by atoms with van der Waals surface area (Å²) >= 11 is 0. The van der Waals surface area contributed by atoms with Gasteiger partial charge in [-0.15, -0.1) is 0 Å². The minimum atomic E-state index is -0.471. The summed E-state index contributed by atoms with van der Waals surface area (Å²) in [6, 6.07) is 13.7. The third-order valence-electron chi connectivity index (χ3n) is 4.65. The van der Waals surface area contributed by atoms with Crippen LogP contribution in [0.1, 0.15) is 17.5 Å². The van der Waals surface area contributed by atoms with Crippen LogP contribution in [0.25, 0.3) is 0 Å². The lowest BCUT2D eigenvalue weighted by molar-refractivity contribution is -0.384. The number of nitrogens with zero attached hydrogens (tertiary/aromatic N) is 2. The average Bonchev–Trinajstić information content (AvgIpc) is 3.02. The zero-order valence-corrected chi connectivity index (χ0v) is 15.1. The normalized spacial score (nSPS) is 16.4.